The number of ketones is 1. The molecule has 0 fully saturated rings. The molecule has 2 aromatic rings. The smallest absolute Gasteiger partial charge is 0.194 e. The lowest BCUT2D eigenvalue weighted by atomic mass is 10.0. The number of benzene rings is 1. The Morgan fingerprint density at radius 1 is 1.18 bits per heavy atom. The molecule has 1 heterocycles. The molecule has 0 N–H and O–H groups in total. The first-order valence-electron chi connectivity index (χ1n) is 4.99. The van der Waals surface area contributed by atoms with E-state index in [9.17, 15) is 9.18 Å². The van der Waals surface area contributed by atoms with E-state index in [-0.39, 0.29) is 5.78 Å². The van der Waals surface area contributed by atoms with E-state index < -0.39 is 5.82 Å². The van der Waals surface area contributed by atoms with Crippen LogP contribution in [0.25, 0.3) is 0 Å². The molecule has 0 aliphatic rings. The third-order valence-electron chi connectivity index (χ3n) is 2.26. The number of carbonyl (C=O) groups excluding carboxylic acids is 1. The number of pyridine rings is 1. The number of halogens is 2. The lowest BCUT2D eigenvalue weighted by molar-refractivity contribution is 0.103. The zero-order chi connectivity index (χ0) is 12.4. The number of carbonyl (C=O) groups is 1. The van der Waals surface area contributed by atoms with Gasteiger partial charge in [0.2, 0.25) is 0 Å². The van der Waals surface area contributed by atoms with Gasteiger partial charge in [0.1, 0.15) is 5.82 Å². The average molecular weight is 294 g/mol. The normalized spacial score (nSPS) is 10.3. The second-order valence-corrected chi connectivity index (χ2v) is 4.65. The number of aromatic nitrogens is 1. The molecule has 0 saturated carbocycles. The lowest BCUT2D eigenvalue weighted by Gasteiger charge is -2.03. The quantitative estimate of drug-likeness (QED) is 0.793. The zero-order valence-corrected chi connectivity index (χ0v) is 10.7. The minimum atomic E-state index is -0.441. The van der Waals surface area contributed by atoms with E-state index in [0.29, 0.717) is 15.6 Å². The summed E-state index contributed by atoms with van der Waals surface area (Å²) < 4.78 is 13.7. The van der Waals surface area contributed by atoms with Crippen LogP contribution in [-0.4, -0.2) is 10.8 Å². The number of aryl methyl sites for hydroxylation is 1. The van der Waals surface area contributed by atoms with Crippen molar-refractivity contribution in [3.63, 3.8) is 0 Å². The van der Waals surface area contributed by atoms with Gasteiger partial charge in [0.25, 0.3) is 0 Å². The highest BCUT2D eigenvalue weighted by molar-refractivity contribution is 9.10. The van der Waals surface area contributed by atoms with Gasteiger partial charge in [-0.1, -0.05) is 15.9 Å². The Morgan fingerprint density at radius 3 is 2.59 bits per heavy atom. The number of hydrogen-bond acceptors (Lipinski definition) is 2. The molecule has 0 radical (unpaired) electrons. The fraction of sp³-hybridized carbons (Fsp3) is 0.0769. The van der Waals surface area contributed by atoms with Crippen molar-refractivity contribution in [1.82, 2.24) is 4.98 Å². The maximum atomic E-state index is 13.2. The molecular weight excluding hydrogens is 285 g/mol. The van der Waals surface area contributed by atoms with Crippen LogP contribution in [0.3, 0.4) is 0 Å². The highest BCUT2D eigenvalue weighted by Gasteiger charge is 2.11. The van der Waals surface area contributed by atoms with Crippen LogP contribution in [0.1, 0.15) is 21.5 Å². The number of nitrogens with zero attached hydrogens (tertiary/aromatic N) is 1. The Bertz CT molecular complexity index is 563. The van der Waals surface area contributed by atoms with E-state index in [0.717, 1.165) is 5.56 Å². The number of hydrogen-bond donors (Lipinski definition) is 0. The topological polar surface area (TPSA) is 30.0 Å². The molecule has 86 valence electrons. The minimum Gasteiger partial charge on any atom is -0.289 e. The zero-order valence-electron chi connectivity index (χ0n) is 9.08. The van der Waals surface area contributed by atoms with Gasteiger partial charge in [0, 0.05) is 28.0 Å². The maximum Gasteiger partial charge on any atom is 0.194 e. The van der Waals surface area contributed by atoms with Crippen molar-refractivity contribution in [3.8, 4) is 0 Å². The molecule has 17 heavy (non-hydrogen) atoms. The molecule has 4 heteroatoms. The highest BCUT2D eigenvalue weighted by atomic mass is 79.9. The predicted octanol–water partition coefficient (Wildman–Crippen LogP) is 3.52. The third-order valence-corrected chi connectivity index (χ3v) is 2.72. The largest absolute Gasteiger partial charge is 0.289 e. The molecule has 0 atom stereocenters. The van der Waals surface area contributed by atoms with Gasteiger partial charge in [-0.25, -0.2) is 4.39 Å². The van der Waals surface area contributed by atoms with E-state index in [1.54, 1.807) is 18.3 Å². The van der Waals surface area contributed by atoms with E-state index in [2.05, 4.69) is 20.9 Å². The maximum absolute atomic E-state index is 13.2. The fourth-order valence-corrected chi connectivity index (χ4v) is 2.00. The van der Waals surface area contributed by atoms with E-state index in [1.165, 1.54) is 18.3 Å². The average Bonchev–Trinajstić information content (AvgIpc) is 2.26. The standard InChI is InChI=1S/C13H9BrFNO/c1-8-2-10(7-16-6-8)13(17)9-3-11(14)5-12(15)4-9/h2-7H,1H3. The summed E-state index contributed by atoms with van der Waals surface area (Å²) in [6.45, 7) is 1.85. The van der Waals surface area contributed by atoms with Gasteiger partial charge in [-0.15, -0.1) is 0 Å². The van der Waals surface area contributed by atoms with Crippen molar-refractivity contribution in [2.24, 2.45) is 0 Å². The Hall–Kier alpha value is -1.55. The van der Waals surface area contributed by atoms with Gasteiger partial charge >= 0.3 is 0 Å². The summed E-state index contributed by atoms with van der Waals surface area (Å²) in [6.07, 6.45) is 3.15. The van der Waals surface area contributed by atoms with Crippen LogP contribution in [-0.2, 0) is 0 Å². The monoisotopic (exact) mass is 293 g/mol. The summed E-state index contributed by atoms with van der Waals surface area (Å²) in [5.74, 6) is -0.676. The summed E-state index contributed by atoms with van der Waals surface area (Å²) in [5, 5.41) is 0. The first kappa shape index (κ1) is 11.9. The second-order valence-electron chi connectivity index (χ2n) is 3.74. The summed E-state index contributed by atoms with van der Waals surface area (Å²) in [5.41, 5.74) is 1.66. The van der Waals surface area contributed by atoms with Crippen molar-refractivity contribution in [2.75, 3.05) is 0 Å². The van der Waals surface area contributed by atoms with Crippen molar-refractivity contribution >= 4 is 21.7 Å². The molecule has 0 amide bonds. The first-order chi connectivity index (χ1) is 8.06. The van der Waals surface area contributed by atoms with Crippen LogP contribution >= 0.6 is 15.9 Å². The van der Waals surface area contributed by atoms with Crippen molar-refractivity contribution in [1.29, 1.82) is 0 Å². The van der Waals surface area contributed by atoms with E-state index >= 15 is 0 Å². The second kappa shape index (κ2) is 4.75. The molecule has 1 aromatic carbocycles. The lowest BCUT2D eigenvalue weighted by Crippen LogP contribution is -2.03. The molecule has 2 rings (SSSR count). The minimum absolute atomic E-state index is 0.235. The fourth-order valence-electron chi connectivity index (χ4n) is 1.53. The van der Waals surface area contributed by atoms with Crippen molar-refractivity contribution in [2.45, 2.75) is 6.92 Å². The molecular formula is C13H9BrFNO. The molecule has 0 spiro atoms. The number of rotatable bonds is 2. The van der Waals surface area contributed by atoms with Gasteiger partial charge in [-0.2, -0.15) is 0 Å². The van der Waals surface area contributed by atoms with Crippen LogP contribution < -0.4 is 0 Å². The molecule has 0 saturated heterocycles. The van der Waals surface area contributed by atoms with Gasteiger partial charge in [-0.05, 0) is 36.8 Å². The molecule has 0 unspecified atom stereocenters. The SMILES string of the molecule is Cc1cncc(C(=O)c2cc(F)cc(Br)c2)c1. The van der Waals surface area contributed by atoms with E-state index in [4.69, 9.17) is 0 Å². The Labute approximate surface area is 107 Å². The van der Waals surface area contributed by atoms with Gasteiger partial charge < -0.3 is 0 Å². The van der Waals surface area contributed by atoms with Crippen LogP contribution in [0, 0.1) is 12.7 Å². The Kier molecular flexibility index (Phi) is 3.33. The Morgan fingerprint density at radius 2 is 1.94 bits per heavy atom. The summed E-state index contributed by atoms with van der Waals surface area (Å²) in [4.78, 5) is 16.0. The van der Waals surface area contributed by atoms with Gasteiger partial charge in [0.05, 0.1) is 0 Å². The third kappa shape index (κ3) is 2.77. The van der Waals surface area contributed by atoms with Crippen molar-refractivity contribution in [3.05, 3.63) is 63.6 Å². The van der Waals surface area contributed by atoms with Gasteiger partial charge in [-0.3, -0.25) is 9.78 Å². The predicted molar refractivity (Wildman–Crippen MR) is 66.5 cm³/mol. The molecule has 0 aliphatic heterocycles. The molecule has 0 bridgehead atoms. The highest BCUT2D eigenvalue weighted by Crippen LogP contribution is 2.18. The molecule has 1 aromatic heterocycles. The van der Waals surface area contributed by atoms with Crippen LogP contribution in [0.15, 0.2) is 41.1 Å². The van der Waals surface area contributed by atoms with Crippen molar-refractivity contribution < 1.29 is 9.18 Å². The summed E-state index contributed by atoms with van der Waals surface area (Å²) in [7, 11) is 0. The van der Waals surface area contributed by atoms with Gasteiger partial charge in [0.15, 0.2) is 5.78 Å². The molecule has 2 nitrogen and oxygen atoms in total. The first-order valence-corrected chi connectivity index (χ1v) is 5.78. The van der Waals surface area contributed by atoms with Crippen LogP contribution in [0.2, 0.25) is 0 Å². The summed E-state index contributed by atoms with van der Waals surface area (Å²) >= 11 is 3.16. The molecule has 0 aliphatic carbocycles. The summed E-state index contributed by atoms with van der Waals surface area (Å²) in [6, 6.07) is 5.85. The van der Waals surface area contributed by atoms with E-state index in [1.807, 2.05) is 6.92 Å². The van der Waals surface area contributed by atoms with Crippen LogP contribution in [0.4, 0.5) is 4.39 Å². The van der Waals surface area contributed by atoms with Crippen LogP contribution in [0.5, 0.6) is 0 Å². The Balaban J connectivity index is 2.43.